The molecule has 7 nitrogen and oxygen atoms in total. The third-order valence-electron chi connectivity index (χ3n) is 3.57. The molecule has 1 N–H and O–H groups in total. The van der Waals surface area contributed by atoms with Crippen LogP contribution in [0.3, 0.4) is 0 Å². The SMILES string of the molecule is Cn1nc(C(=O)NCc2ccc(Cn3cccn3)cc2)ccc1=O. The van der Waals surface area contributed by atoms with Crippen molar-refractivity contribution in [3.8, 4) is 0 Å². The molecule has 0 radical (unpaired) electrons. The molecule has 2 heterocycles. The summed E-state index contributed by atoms with van der Waals surface area (Å²) < 4.78 is 2.99. The number of hydrogen-bond donors (Lipinski definition) is 1. The summed E-state index contributed by atoms with van der Waals surface area (Å²) in [6, 6.07) is 12.6. The number of aromatic nitrogens is 4. The van der Waals surface area contributed by atoms with Crippen LogP contribution in [0, 0.1) is 0 Å². The second kappa shape index (κ2) is 6.91. The number of aryl methyl sites for hydroxylation is 1. The Balaban J connectivity index is 1.59. The molecule has 0 fully saturated rings. The minimum Gasteiger partial charge on any atom is -0.347 e. The predicted molar refractivity (Wildman–Crippen MR) is 88.4 cm³/mol. The number of carbonyl (C=O) groups excluding carboxylic acids is 1. The summed E-state index contributed by atoms with van der Waals surface area (Å²) in [5, 5.41) is 10.9. The number of amides is 1. The van der Waals surface area contributed by atoms with Crippen LogP contribution in [-0.4, -0.2) is 25.5 Å². The van der Waals surface area contributed by atoms with E-state index in [1.54, 1.807) is 6.20 Å². The maximum atomic E-state index is 12.1. The van der Waals surface area contributed by atoms with E-state index in [9.17, 15) is 9.59 Å². The van der Waals surface area contributed by atoms with Crippen LogP contribution < -0.4 is 10.9 Å². The zero-order chi connectivity index (χ0) is 16.9. The lowest BCUT2D eigenvalue weighted by molar-refractivity contribution is 0.0943. The quantitative estimate of drug-likeness (QED) is 0.758. The Morgan fingerprint density at radius 3 is 2.54 bits per heavy atom. The number of carbonyl (C=O) groups is 1. The summed E-state index contributed by atoms with van der Waals surface area (Å²) >= 11 is 0. The fourth-order valence-electron chi connectivity index (χ4n) is 2.24. The first-order valence-electron chi connectivity index (χ1n) is 7.49. The molecular formula is C17H17N5O2. The third kappa shape index (κ3) is 3.75. The first kappa shape index (κ1) is 15.7. The predicted octanol–water partition coefficient (Wildman–Crippen LogP) is 0.955. The number of nitrogens with one attached hydrogen (secondary N) is 1. The molecule has 0 aliphatic heterocycles. The summed E-state index contributed by atoms with van der Waals surface area (Å²) in [5.74, 6) is -0.314. The Labute approximate surface area is 138 Å². The molecule has 24 heavy (non-hydrogen) atoms. The molecule has 0 bridgehead atoms. The normalized spacial score (nSPS) is 10.5. The van der Waals surface area contributed by atoms with Crippen LogP contribution in [0.1, 0.15) is 21.6 Å². The minimum absolute atomic E-state index is 0.215. The molecule has 0 atom stereocenters. The van der Waals surface area contributed by atoms with Crippen LogP contribution in [0.2, 0.25) is 0 Å². The van der Waals surface area contributed by atoms with Gasteiger partial charge in [-0.05, 0) is 23.3 Å². The van der Waals surface area contributed by atoms with Crippen molar-refractivity contribution in [2.24, 2.45) is 7.05 Å². The van der Waals surface area contributed by atoms with Gasteiger partial charge in [-0.25, -0.2) is 4.68 Å². The first-order valence-corrected chi connectivity index (χ1v) is 7.49. The third-order valence-corrected chi connectivity index (χ3v) is 3.57. The Hall–Kier alpha value is -3.22. The Bertz CT molecular complexity index is 882. The van der Waals surface area contributed by atoms with Crippen LogP contribution >= 0.6 is 0 Å². The zero-order valence-electron chi connectivity index (χ0n) is 13.2. The topological polar surface area (TPSA) is 81.8 Å². The molecule has 0 saturated heterocycles. The van der Waals surface area contributed by atoms with Gasteiger partial charge >= 0.3 is 0 Å². The standard InChI is InChI=1S/C17H17N5O2/c1-21-16(23)8-7-15(20-21)17(24)18-11-13-3-5-14(6-4-13)12-22-10-2-9-19-22/h2-10H,11-12H2,1H3,(H,18,24). The van der Waals surface area contributed by atoms with Gasteiger partial charge in [0.25, 0.3) is 11.5 Å². The minimum atomic E-state index is -0.314. The maximum absolute atomic E-state index is 12.1. The summed E-state index contributed by atoms with van der Waals surface area (Å²) in [4.78, 5) is 23.3. The lowest BCUT2D eigenvalue weighted by Crippen LogP contribution is -2.28. The van der Waals surface area contributed by atoms with Crippen LogP contribution in [0.25, 0.3) is 0 Å². The van der Waals surface area contributed by atoms with Crippen molar-refractivity contribution in [2.45, 2.75) is 13.1 Å². The summed E-state index contributed by atoms with van der Waals surface area (Å²) in [7, 11) is 1.51. The average Bonchev–Trinajstić information content (AvgIpc) is 3.09. The highest BCUT2D eigenvalue weighted by atomic mass is 16.2. The van der Waals surface area contributed by atoms with Crippen molar-refractivity contribution in [1.82, 2.24) is 24.9 Å². The van der Waals surface area contributed by atoms with E-state index in [1.807, 2.05) is 41.2 Å². The Morgan fingerprint density at radius 1 is 1.12 bits per heavy atom. The molecule has 0 aliphatic carbocycles. The highest BCUT2D eigenvalue weighted by Gasteiger charge is 2.08. The fraction of sp³-hybridized carbons (Fsp3) is 0.176. The van der Waals surface area contributed by atoms with Crippen molar-refractivity contribution in [3.63, 3.8) is 0 Å². The molecule has 3 rings (SSSR count). The molecule has 1 aromatic carbocycles. The molecule has 0 spiro atoms. The molecule has 0 aliphatic rings. The Morgan fingerprint density at radius 2 is 1.88 bits per heavy atom. The van der Waals surface area contributed by atoms with Gasteiger partial charge in [0.05, 0.1) is 6.54 Å². The molecular weight excluding hydrogens is 306 g/mol. The van der Waals surface area contributed by atoms with Gasteiger partial charge in [0.2, 0.25) is 0 Å². The average molecular weight is 323 g/mol. The lowest BCUT2D eigenvalue weighted by atomic mass is 10.1. The summed E-state index contributed by atoms with van der Waals surface area (Å²) in [5.41, 5.74) is 2.08. The molecule has 2 aromatic heterocycles. The molecule has 0 unspecified atom stereocenters. The molecule has 0 saturated carbocycles. The van der Waals surface area contributed by atoms with Crippen LogP contribution in [0.5, 0.6) is 0 Å². The van der Waals surface area contributed by atoms with E-state index in [2.05, 4.69) is 15.5 Å². The van der Waals surface area contributed by atoms with Gasteiger partial charge in [0.1, 0.15) is 5.69 Å². The van der Waals surface area contributed by atoms with Crippen LogP contribution in [0.15, 0.2) is 59.7 Å². The molecule has 3 aromatic rings. The van der Waals surface area contributed by atoms with Gasteiger partial charge in [-0.2, -0.15) is 10.2 Å². The van der Waals surface area contributed by atoms with Gasteiger partial charge in [0.15, 0.2) is 0 Å². The van der Waals surface area contributed by atoms with Crippen molar-refractivity contribution >= 4 is 5.91 Å². The molecule has 1 amide bonds. The second-order valence-corrected chi connectivity index (χ2v) is 5.38. The van der Waals surface area contributed by atoms with E-state index >= 15 is 0 Å². The maximum Gasteiger partial charge on any atom is 0.271 e. The number of hydrogen-bond acceptors (Lipinski definition) is 4. The fourth-order valence-corrected chi connectivity index (χ4v) is 2.24. The van der Waals surface area contributed by atoms with E-state index in [-0.39, 0.29) is 17.2 Å². The second-order valence-electron chi connectivity index (χ2n) is 5.38. The molecule has 122 valence electrons. The van der Waals surface area contributed by atoms with Crippen LogP contribution in [0.4, 0.5) is 0 Å². The van der Waals surface area contributed by atoms with E-state index in [0.717, 1.165) is 15.8 Å². The highest BCUT2D eigenvalue weighted by Crippen LogP contribution is 2.06. The molecule has 7 heteroatoms. The van der Waals surface area contributed by atoms with E-state index in [4.69, 9.17) is 0 Å². The van der Waals surface area contributed by atoms with Crippen LogP contribution in [-0.2, 0) is 20.1 Å². The first-order chi connectivity index (χ1) is 11.6. The number of nitrogens with zero attached hydrogens (tertiary/aromatic N) is 4. The van der Waals surface area contributed by atoms with Gasteiger partial charge in [0, 0.05) is 32.1 Å². The summed E-state index contributed by atoms with van der Waals surface area (Å²) in [6.07, 6.45) is 3.66. The zero-order valence-corrected chi connectivity index (χ0v) is 13.2. The summed E-state index contributed by atoms with van der Waals surface area (Å²) in [6.45, 7) is 1.10. The van der Waals surface area contributed by atoms with E-state index < -0.39 is 0 Å². The largest absolute Gasteiger partial charge is 0.347 e. The van der Waals surface area contributed by atoms with Crippen molar-refractivity contribution in [3.05, 3.63) is 82.0 Å². The van der Waals surface area contributed by atoms with Gasteiger partial charge in [-0.3, -0.25) is 14.3 Å². The van der Waals surface area contributed by atoms with Crippen molar-refractivity contribution in [2.75, 3.05) is 0 Å². The number of rotatable bonds is 5. The van der Waals surface area contributed by atoms with E-state index in [0.29, 0.717) is 13.1 Å². The van der Waals surface area contributed by atoms with Gasteiger partial charge in [-0.15, -0.1) is 0 Å². The monoisotopic (exact) mass is 323 g/mol. The Kier molecular flexibility index (Phi) is 4.51. The number of benzene rings is 1. The lowest BCUT2D eigenvalue weighted by Gasteiger charge is -2.07. The van der Waals surface area contributed by atoms with Gasteiger partial charge in [-0.1, -0.05) is 24.3 Å². The van der Waals surface area contributed by atoms with Gasteiger partial charge < -0.3 is 5.32 Å². The van der Waals surface area contributed by atoms with Crippen molar-refractivity contribution < 1.29 is 4.79 Å². The smallest absolute Gasteiger partial charge is 0.271 e. The van der Waals surface area contributed by atoms with E-state index in [1.165, 1.54) is 19.2 Å². The highest BCUT2D eigenvalue weighted by molar-refractivity contribution is 5.91. The van der Waals surface area contributed by atoms with Crippen molar-refractivity contribution in [1.29, 1.82) is 0 Å².